The normalized spacial score (nSPS) is 10.8. The minimum Gasteiger partial charge on any atom is -0.330 e. The summed E-state index contributed by atoms with van der Waals surface area (Å²) in [5.41, 5.74) is 6.17. The zero-order valence-corrected chi connectivity index (χ0v) is 6.51. The van der Waals surface area contributed by atoms with E-state index in [-0.39, 0.29) is 0 Å². The van der Waals surface area contributed by atoms with Crippen molar-refractivity contribution in [3.05, 3.63) is 24.2 Å². The van der Waals surface area contributed by atoms with Gasteiger partial charge in [0.05, 0.1) is 0 Å². The van der Waals surface area contributed by atoms with Crippen LogP contribution in [0, 0.1) is 0 Å². The van der Waals surface area contributed by atoms with Crippen molar-refractivity contribution in [2.24, 2.45) is 5.73 Å². The molecular formula is C7H9N5. The molecule has 2 rings (SSSR count). The minimum absolute atomic E-state index is 0.567. The van der Waals surface area contributed by atoms with Gasteiger partial charge in [0.25, 0.3) is 0 Å². The van der Waals surface area contributed by atoms with Gasteiger partial charge in [0.1, 0.15) is 0 Å². The van der Waals surface area contributed by atoms with Gasteiger partial charge in [0.2, 0.25) is 0 Å². The molecule has 0 amide bonds. The molecule has 5 nitrogen and oxygen atoms in total. The topological polar surface area (TPSA) is 69.1 Å². The molecule has 0 saturated carbocycles. The van der Waals surface area contributed by atoms with E-state index >= 15 is 0 Å². The van der Waals surface area contributed by atoms with Crippen LogP contribution in [0.25, 0.3) is 5.65 Å². The first-order valence-corrected chi connectivity index (χ1v) is 3.77. The summed E-state index contributed by atoms with van der Waals surface area (Å²) >= 11 is 0. The maximum atomic E-state index is 5.40. The van der Waals surface area contributed by atoms with E-state index in [9.17, 15) is 0 Å². The molecule has 0 aromatic carbocycles. The quantitative estimate of drug-likeness (QED) is 0.655. The fourth-order valence-corrected chi connectivity index (χ4v) is 1.07. The molecule has 5 heteroatoms. The van der Waals surface area contributed by atoms with Crippen LogP contribution in [-0.4, -0.2) is 26.4 Å². The Morgan fingerprint density at radius 1 is 1.42 bits per heavy atom. The van der Waals surface area contributed by atoms with Crippen LogP contribution < -0.4 is 5.73 Å². The first-order valence-electron chi connectivity index (χ1n) is 3.77. The lowest BCUT2D eigenvalue weighted by Gasteiger charge is -1.93. The number of rotatable bonds is 2. The largest absolute Gasteiger partial charge is 0.330 e. The van der Waals surface area contributed by atoms with E-state index in [1.54, 1.807) is 10.7 Å². The average molecular weight is 163 g/mol. The van der Waals surface area contributed by atoms with Crippen LogP contribution in [0.15, 0.2) is 18.3 Å². The van der Waals surface area contributed by atoms with Crippen LogP contribution in [-0.2, 0) is 6.42 Å². The molecule has 0 aliphatic rings. The number of aromatic nitrogens is 4. The Morgan fingerprint density at radius 2 is 2.33 bits per heavy atom. The Morgan fingerprint density at radius 3 is 3.17 bits per heavy atom. The molecule has 2 N–H and O–H groups in total. The molecule has 0 radical (unpaired) electrons. The highest BCUT2D eigenvalue weighted by Gasteiger charge is 2.02. The van der Waals surface area contributed by atoms with Crippen LogP contribution in [0.2, 0.25) is 0 Å². The molecule has 12 heavy (non-hydrogen) atoms. The van der Waals surface area contributed by atoms with Crippen LogP contribution in [0.1, 0.15) is 5.82 Å². The van der Waals surface area contributed by atoms with Crippen LogP contribution in [0.3, 0.4) is 0 Å². The van der Waals surface area contributed by atoms with Crippen molar-refractivity contribution in [1.82, 2.24) is 19.8 Å². The first kappa shape index (κ1) is 7.17. The monoisotopic (exact) mass is 163 g/mol. The van der Waals surface area contributed by atoms with Crippen molar-refractivity contribution in [1.29, 1.82) is 0 Å². The lowest BCUT2D eigenvalue weighted by atomic mass is 10.4. The molecule has 2 aromatic heterocycles. The molecule has 0 aliphatic carbocycles. The summed E-state index contributed by atoms with van der Waals surface area (Å²) in [6.45, 7) is 0.567. The standard InChI is InChI=1S/C7H9N5/c8-4-3-7-11-10-6-2-1-5-9-12(6)7/h1-2,5H,3-4,8H2. The maximum Gasteiger partial charge on any atom is 0.177 e. The van der Waals surface area contributed by atoms with E-state index < -0.39 is 0 Å². The SMILES string of the molecule is NCCc1nnc2cccnn12. The Bertz CT molecular complexity index is 380. The van der Waals surface area contributed by atoms with Crippen molar-refractivity contribution >= 4 is 5.65 Å². The van der Waals surface area contributed by atoms with Gasteiger partial charge in [-0.15, -0.1) is 10.2 Å². The molecule has 0 saturated heterocycles. The molecule has 2 heterocycles. The van der Waals surface area contributed by atoms with Gasteiger partial charge in [-0.1, -0.05) is 0 Å². The van der Waals surface area contributed by atoms with Crippen LogP contribution in [0.5, 0.6) is 0 Å². The fraction of sp³-hybridized carbons (Fsp3) is 0.286. The number of hydrogen-bond donors (Lipinski definition) is 1. The average Bonchev–Trinajstić information content (AvgIpc) is 2.50. The zero-order chi connectivity index (χ0) is 8.39. The first-order chi connectivity index (χ1) is 5.92. The lowest BCUT2D eigenvalue weighted by molar-refractivity contribution is 0.790. The molecule has 2 aromatic rings. The third kappa shape index (κ3) is 1.04. The van der Waals surface area contributed by atoms with Crippen molar-refractivity contribution in [2.45, 2.75) is 6.42 Å². The van der Waals surface area contributed by atoms with Crippen LogP contribution >= 0.6 is 0 Å². The zero-order valence-electron chi connectivity index (χ0n) is 6.51. The lowest BCUT2D eigenvalue weighted by Crippen LogP contribution is -2.07. The van der Waals surface area contributed by atoms with E-state index in [1.165, 1.54) is 0 Å². The van der Waals surface area contributed by atoms with Crippen molar-refractivity contribution in [2.75, 3.05) is 6.54 Å². The highest BCUT2D eigenvalue weighted by molar-refractivity contribution is 5.34. The third-order valence-electron chi connectivity index (χ3n) is 1.61. The number of fused-ring (bicyclic) bond motifs is 1. The van der Waals surface area contributed by atoms with Gasteiger partial charge in [0, 0.05) is 12.6 Å². The summed E-state index contributed by atoms with van der Waals surface area (Å²) in [4.78, 5) is 0. The second kappa shape index (κ2) is 2.86. The Labute approximate surface area is 69.2 Å². The molecule has 0 bridgehead atoms. The summed E-state index contributed by atoms with van der Waals surface area (Å²) < 4.78 is 1.70. The van der Waals surface area contributed by atoms with Gasteiger partial charge in [-0.2, -0.15) is 9.61 Å². The summed E-state index contributed by atoms with van der Waals surface area (Å²) in [7, 11) is 0. The van der Waals surface area contributed by atoms with E-state index in [2.05, 4.69) is 15.3 Å². The molecular weight excluding hydrogens is 154 g/mol. The van der Waals surface area contributed by atoms with Gasteiger partial charge in [-0.3, -0.25) is 0 Å². The van der Waals surface area contributed by atoms with E-state index in [1.807, 2.05) is 12.1 Å². The fourth-order valence-electron chi connectivity index (χ4n) is 1.07. The maximum absolute atomic E-state index is 5.40. The second-order valence-corrected chi connectivity index (χ2v) is 2.45. The molecule has 0 fully saturated rings. The smallest absolute Gasteiger partial charge is 0.177 e. The number of nitrogens with two attached hydrogens (primary N) is 1. The summed E-state index contributed by atoms with van der Waals surface area (Å²) in [6.07, 6.45) is 2.41. The van der Waals surface area contributed by atoms with Gasteiger partial charge in [0.15, 0.2) is 11.5 Å². The van der Waals surface area contributed by atoms with Crippen molar-refractivity contribution in [3.8, 4) is 0 Å². The Hall–Kier alpha value is -1.49. The van der Waals surface area contributed by atoms with E-state index in [4.69, 9.17) is 5.73 Å². The van der Waals surface area contributed by atoms with Gasteiger partial charge in [-0.05, 0) is 18.7 Å². The second-order valence-electron chi connectivity index (χ2n) is 2.45. The molecule has 0 aliphatic heterocycles. The Kier molecular flexibility index (Phi) is 1.71. The summed E-state index contributed by atoms with van der Waals surface area (Å²) in [6, 6.07) is 3.69. The predicted octanol–water partition coefficient (Wildman–Crippen LogP) is -0.375. The number of hydrogen-bond acceptors (Lipinski definition) is 4. The van der Waals surface area contributed by atoms with E-state index in [0.29, 0.717) is 13.0 Å². The van der Waals surface area contributed by atoms with Gasteiger partial charge in [-0.25, -0.2) is 0 Å². The molecule has 0 atom stereocenters. The highest BCUT2D eigenvalue weighted by atomic mass is 15.4. The van der Waals surface area contributed by atoms with Crippen molar-refractivity contribution in [3.63, 3.8) is 0 Å². The van der Waals surface area contributed by atoms with Crippen LogP contribution in [0.4, 0.5) is 0 Å². The predicted molar refractivity (Wildman–Crippen MR) is 43.5 cm³/mol. The summed E-state index contributed by atoms with van der Waals surface area (Å²) in [5.74, 6) is 0.813. The minimum atomic E-state index is 0.567. The molecule has 0 spiro atoms. The van der Waals surface area contributed by atoms with Gasteiger partial charge >= 0.3 is 0 Å². The summed E-state index contributed by atoms with van der Waals surface area (Å²) in [5, 5.41) is 12.0. The molecule has 62 valence electrons. The molecule has 0 unspecified atom stereocenters. The van der Waals surface area contributed by atoms with Gasteiger partial charge < -0.3 is 5.73 Å². The van der Waals surface area contributed by atoms with Crippen molar-refractivity contribution < 1.29 is 0 Å². The Balaban J connectivity index is 2.55. The highest BCUT2D eigenvalue weighted by Crippen LogP contribution is 1.99. The third-order valence-corrected chi connectivity index (χ3v) is 1.61. The number of nitrogens with zero attached hydrogens (tertiary/aromatic N) is 4. The van der Waals surface area contributed by atoms with E-state index in [0.717, 1.165) is 11.5 Å².